The number of carbonyl (C=O) groups excluding carboxylic acids is 2. The highest BCUT2D eigenvalue weighted by atomic mass is 32.1. The lowest BCUT2D eigenvalue weighted by molar-refractivity contribution is -0.115. The molecule has 0 saturated carbocycles. The lowest BCUT2D eigenvalue weighted by Crippen LogP contribution is -2.32. The second-order valence-corrected chi connectivity index (χ2v) is 5.29. The van der Waals surface area contributed by atoms with Gasteiger partial charge in [0.1, 0.15) is 0 Å². The highest BCUT2D eigenvalue weighted by molar-refractivity contribution is 7.12. The number of rotatable bonds is 6. The average Bonchev–Trinajstić information content (AvgIpc) is 3.00. The molecule has 21 heavy (non-hydrogen) atoms. The third kappa shape index (κ3) is 4.70. The Balaban J connectivity index is 1.84. The van der Waals surface area contributed by atoms with E-state index in [1.54, 1.807) is 25.3 Å². The molecule has 110 valence electrons. The molecule has 0 spiro atoms. The number of benzene rings is 1. The largest absolute Gasteiger partial charge is 0.380 e. The fourth-order valence-corrected chi connectivity index (χ4v) is 2.41. The summed E-state index contributed by atoms with van der Waals surface area (Å²) in [6.07, 6.45) is 0. The fourth-order valence-electron chi connectivity index (χ4n) is 1.77. The maximum Gasteiger partial charge on any atom is 0.261 e. The molecule has 0 aliphatic heterocycles. The fraction of sp³-hybridized carbons (Fsp3) is 0.200. The molecule has 1 aromatic carbocycles. The average molecular weight is 304 g/mol. The molecular weight excluding hydrogens is 288 g/mol. The lowest BCUT2D eigenvalue weighted by Gasteiger charge is -2.08. The first-order valence-corrected chi connectivity index (χ1v) is 7.26. The quantitative estimate of drug-likeness (QED) is 0.860. The molecule has 0 aliphatic rings. The highest BCUT2D eigenvalue weighted by Crippen LogP contribution is 2.11. The first-order chi connectivity index (χ1) is 10.2. The van der Waals surface area contributed by atoms with E-state index in [2.05, 4.69) is 10.6 Å². The second kappa shape index (κ2) is 7.56. The summed E-state index contributed by atoms with van der Waals surface area (Å²) < 4.78 is 5.04. The van der Waals surface area contributed by atoms with Crippen LogP contribution in [0.25, 0.3) is 0 Å². The Morgan fingerprint density at radius 1 is 1.24 bits per heavy atom. The molecule has 0 atom stereocenters. The number of carbonyl (C=O) groups is 2. The summed E-state index contributed by atoms with van der Waals surface area (Å²) in [5.74, 6) is -0.511. The van der Waals surface area contributed by atoms with Crippen LogP contribution < -0.4 is 10.6 Å². The lowest BCUT2D eigenvalue weighted by atomic mass is 10.2. The van der Waals surface area contributed by atoms with Crippen LogP contribution in [0.4, 0.5) is 5.69 Å². The smallest absolute Gasteiger partial charge is 0.261 e. The molecule has 2 aromatic rings. The van der Waals surface area contributed by atoms with Gasteiger partial charge in [-0.2, -0.15) is 0 Å². The maximum absolute atomic E-state index is 11.8. The second-order valence-electron chi connectivity index (χ2n) is 4.34. The van der Waals surface area contributed by atoms with Crippen molar-refractivity contribution < 1.29 is 14.3 Å². The van der Waals surface area contributed by atoms with Crippen LogP contribution in [-0.4, -0.2) is 25.5 Å². The van der Waals surface area contributed by atoms with Gasteiger partial charge < -0.3 is 15.4 Å². The molecule has 1 heterocycles. The van der Waals surface area contributed by atoms with Gasteiger partial charge in [-0.15, -0.1) is 11.3 Å². The van der Waals surface area contributed by atoms with Gasteiger partial charge in [0, 0.05) is 12.8 Å². The monoisotopic (exact) mass is 304 g/mol. The van der Waals surface area contributed by atoms with Gasteiger partial charge in [0.25, 0.3) is 5.91 Å². The summed E-state index contributed by atoms with van der Waals surface area (Å²) in [7, 11) is 1.62. The van der Waals surface area contributed by atoms with Crippen LogP contribution in [0.1, 0.15) is 15.2 Å². The van der Waals surface area contributed by atoms with Gasteiger partial charge >= 0.3 is 0 Å². The number of thiophene rings is 1. The molecule has 0 saturated heterocycles. The van der Waals surface area contributed by atoms with Crippen molar-refractivity contribution in [2.45, 2.75) is 6.61 Å². The standard InChI is InChI=1S/C15H16N2O3S/c1-20-10-11-4-2-5-12(8-11)17-14(18)9-16-15(19)13-6-3-7-21-13/h2-8H,9-10H2,1H3,(H,16,19)(H,17,18). The van der Waals surface area contributed by atoms with Gasteiger partial charge in [0.2, 0.25) is 5.91 Å². The minimum Gasteiger partial charge on any atom is -0.380 e. The zero-order valence-corrected chi connectivity index (χ0v) is 12.4. The number of nitrogens with one attached hydrogen (secondary N) is 2. The Bertz CT molecular complexity index is 611. The van der Waals surface area contributed by atoms with Gasteiger partial charge in [-0.05, 0) is 29.1 Å². The Kier molecular flexibility index (Phi) is 5.48. The van der Waals surface area contributed by atoms with Crippen LogP contribution >= 0.6 is 11.3 Å². The van der Waals surface area contributed by atoms with Gasteiger partial charge in [0.05, 0.1) is 18.0 Å². The zero-order valence-electron chi connectivity index (χ0n) is 11.6. The van der Waals surface area contributed by atoms with E-state index >= 15 is 0 Å². The van der Waals surface area contributed by atoms with E-state index in [4.69, 9.17) is 4.74 Å². The summed E-state index contributed by atoms with van der Waals surface area (Å²) in [6.45, 7) is 0.421. The zero-order chi connectivity index (χ0) is 15.1. The first-order valence-electron chi connectivity index (χ1n) is 6.38. The third-order valence-corrected chi connectivity index (χ3v) is 3.54. The normalized spacial score (nSPS) is 10.1. The van der Waals surface area contributed by atoms with Crippen molar-refractivity contribution in [3.8, 4) is 0 Å². The van der Waals surface area contributed by atoms with Crippen molar-refractivity contribution in [1.29, 1.82) is 0 Å². The Morgan fingerprint density at radius 3 is 2.81 bits per heavy atom. The van der Waals surface area contributed by atoms with Crippen LogP contribution in [0, 0.1) is 0 Å². The maximum atomic E-state index is 11.8. The van der Waals surface area contributed by atoms with Gasteiger partial charge in [-0.3, -0.25) is 9.59 Å². The highest BCUT2D eigenvalue weighted by Gasteiger charge is 2.09. The van der Waals surface area contributed by atoms with E-state index in [1.807, 2.05) is 23.6 Å². The third-order valence-electron chi connectivity index (χ3n) is 2.68. The Labute approximate surface area is 126 Å². The number of ether oxygens (including phenoxy) is 1. The van der Waals surface area contributed by atoms with Crippen molar-refractivity contribution >= 4 is 28.8 Å². The van der Waals surface area contributed by atoms with E-state index in [0.717, 1.165) is 5.56 Å². The van der Waals surface area contributed by atoms with E-state index in [1.165, 1.54) is 11.3 Å². The number of hydrogen-bond acceptors (Lipinski definition) is 4. The summed E-state index contributed by atoms with van der Waals surface area (Å²) in [5.41, 5.74) is 1.65. The molecule has 0 aliphatic carbocycles. The summed E-state index contributed by atoms with van der Waals surface area (Å²) in [6, 6.07) is 10.9. The topological polar surface area (TPSA) is 67.4 Å². The van der Waals surface area contributed by atoms with E-state index in [-0.39, 0.29) is 18.4 Å². The van der Waals surface area contributed by atoms with Crippen molar-refractivity contribution in [3.05, 3.63) is 52.2 Å². The molecular formula is C15H16N2O3S. The predicted octanol–water partition coefficient (Wildman–Crippen LogP) is 2.26. The van der Waals surface area contributed by atoms with Crippen LogP contribution in [0.5, 0.6) is 0 Å². The number of hydrogen-bond donors (Lipinski definition) is 2. The van der Waals surface area contributed by atoms with Crippen molar-refractivity contribution in [2.75, 3.05) is 19.0 Å². The molecule has 0 unspecified atom stereocenters. The number of amides is 2. The molecule has 5 nitrogen and oxygen atoms in total. The predicted molar refractivity (Wildman–Crippen MR) is 82.4 cm³/mol. The number of methoxy groups -OCH3 is 1. The van der Waals surface area contributed by atoms with Crippen molar-refractivity contribution in [3.63, 3.8) is 0 Å². The molecule has 1 aromatic heterocycles. The van der Waals surface area contributed by atoms with Crippen LogP contribution in [0.15, 0.2) is 41.8 Å². The van der Waals surface area contributed by atoms with Crippen molar-refractivity contribution in [1.82, 2.24) is 5.32 Å². The number of anilines is 1. The molecule has 6 heteroatoms. The van der Waals surface area contributed by atoms with Gasteiger partial charge in [0.15, 0.2) is 0 Å². The molecule has 2 N–H and O–H groups in total. The molecule has 2 rings (SSSR count). The van der Waals surface area contributed by atoms with Crippen LogP contribution in [0.3, 0.4) is 0 Å². The van der Waals surface area contributed by atoms with E-state index < -0.39 is 0 Å². The van der Waals surface area contributed by atoms with Crippen LogP contribution in [0.2, 0.25) is 0 Å². The van der Waals surface area contributed by atoms with E-state index in [0.29, 0.717) is 17.2 Å². The SMILES string of the molecule is COCc1cccc(NC(=O)CNC(=O)c2cccs2)c1. The minimum atomic E-state index is -0.269. The van der Waals surface area contributed by atoms with Gasteiger partial charge in [-0.25, -0.2) is 0 Å². The Morgan fingerprint density at radius 2 is 2.10 bits per heavy atom. The molecule has 0 radical (unpaired) electrons. The van der Waals surface area contributed by atoms with Crippen LogP contribution in [-0.2, 0) is 16.1 Å². The van der Waals surface area contributed by atoms with Gasteiger partial charge in [-0.1, -0.05) is 18.2 Å². The summed E-state index contributed by atoms with van der Waals surface area (Å²) in [4.78, 5) is 24.1. The summed E-state index contributed by atoms with van der Waals surface area (Å²) >= 11 is 1.34. The Hall–Kier alpha value is -2.18. The molecule has 0 bridgehead atoms. The first kappa shape index (κ1) is 15.2. The molecule has 0 fully saturated rings. The molecule has 2 amide bonds. The van der Waals surface area contributed by atoms with Crippen molar-refractivity contribution in [2.24, 2.45) is 0 Å². The summed E-state index contributed by atoms with van der Waals surface area (Å²) in [5, 5.41) is 7.13. The van der Waals surface area contributed by atoms with E-state index in [9.17, 15) is 9.59 Å². The minimum absolute atomic E-state index is 0.0642.